The highest BCUT2D eigenvalue weighted by molar-refractivity contribution is 5.41. The molecule has 0 saturated carbocycles. The van der Waals surface area contributed by atoms with Crippen LogP contribution >= 0.6 is 0 Å². The second kappa shape index (κ2) is 7.11. The summed E-state index contributed by atoms with van der Waals surface area (Å²) in [6.45, 7) is 4.67. The van der Waals surface area contributed by atoms with Crippen LogP contribution in [0, 0.1) is 5.92 Å². The van der Waals surface area contributed by atoms with E-state index in [1.54, 1.807) is 6.20 Å². The summed E-state index contributed by atoms with van der Waals surface area (Å²) in [6.07, 6.45) is -0.949. The molecular formula is C15H22F3N3. The lowest BCUT2D eigenvalue weighted by molar-refractivity contribution is -0.179. The molecule has 21 heavy (non-hydrogen) atoms. The van der Waals surface area contributed by atoms with Crippen LogP contribution in [-0.4, -0.2) is 30.8 Å². The predicted molar refractivity (Wildman–Crippen MR) is 77.2 cm³/mol. The molecule has 3 nitrogen and oxygen atoms in total. The Morgan fingerprint density at radius 3 is 2.67 bits per heavy atom. The summed E-state index contributed by atoms with van der Waals surface area (Å²) in [4.78, 5) is 6.25. The highest BCUT2D eigenvalue weighted by Gasteiger charge is 2.41. The molecule has 0 unspecified atom stereocenters. The first kappa shape index (κ1) is 16.1. The van der Waals surface area contributed by atoms with Gasteiger partial charge < -0.3 is 10.2 Å². The van der Waals surface area contributed by atoms with Crippen LogP contribution in [0.1, 0.15) is 31.7 Å². The molecule has 6 heteroatoms. The highest BCUT2D eigenvalue weighted by atomic mass is 19.4. The lowest BCUT2D eigenvalue weighted by Crippen LogP contribution is -2.39. The van der Waals surface area contributed by atoms with Gasteiger partial charge >= 0.3 is 6.18 Å². The third-order valence-corrected chi connectivity index (χ3v) is 3.85. The van der Waals surface area contributed by atoms with Crippen LogP contribution in [0.2, 0.25) is 0 Å². The van der Waals surface area contributed by atoms with Gasteiger partial charge in [-0.2, -0.15) is 13.2 Å². The van der Waals surface area contributed by atoms with Crippen molar-refractivity contribution in [2.45, 2.75) is 38.9 Å². The summed E-state index contributed by atoms with van der Waals surface area (Å²) in [6, 6.07) is 3.91. The fourth-order valence-electron chi connectivity index (χ4n) is 2.59. The third-order valence-electron chi connectivity index (χ3n) is 3.85. The smallest absolute Gasteiger partial charge is 0.357 e. The molecule has 1 fully saturated rings. The molecule has 2 rings (SSSR count). The third kappa shape index (κ3) is 4.59. The monoisotopic (exact) mass is 301 g/mol. The summed E-state index contributed by atoms with van der Waals surface area (Å²) in [7, 11) is 0. The predicted octanol–water partition coefficient (Wildman–Crippen LogP) is 3.36. The van der Waals surface area contributed by atoms with Crippen molar-refractivity contribution in [3.63, 3.8) is 0 Å². The summed E-state index contributed by atoms with van der Waals surface area (Å²) in [5.41, 5.74) is 1.12. The summed E-state index contributed by atoms with van der Waals surface area (Å²) in [5.74, 6) is -0.380. The van der Waals surface area contributed by atoms with Crippen molar-refractivity contribution < 1.29 is 13.2 Å². The van der Waals surface area contributed by atoms with Gasteiger partial charge in [0.2, 0.25) is 0 Å². The molecule has 1 aromatic heterocycles. The van der Waals surface area contributed by atoms with E-state index >= 15 is 0 Å². The second-order valence-corrected chi connectivity index (χ2v) is 5.50. The van der Waals surface area contributed by atoms with Gasteiger partial charge in [0.1, 0.15) is 5.82 Å². The Hall–Kier alpha value is -1.30. The number of hydrogen-bond donors (Lipinski definition) is 1. The van der Waals surface area contributed by atoms with Crippen LogP contribution in [0.3, 0.4) is 0 Å². The molecular weight excluding hydrogens is 279 g/mol. The van der Waals surface area contributed by atoms with Gasteiger partial charge in [-0.3, -0.25) is 0 Å². The topological polar surface area (TPSA) is 28.2 Å². The van der Waals surface area contributed by atoms with Crippen molar-refractivity contribution in [2.24, 2.45) is 5.92 Å². The maximum absolute atomic E-state index is 12.7. The molecule has 1 aromatic rings. The number of nitrogens with one attached hydrogen (secondary N) is 1. The largest absolute Gasteiger partial charge is 0.391 e. The minimum absolute atomic E-state index is 0.156. The van der Waals surface area contributed by atoms with Crippen LogP contribution in [0.4, 0.5) is 19.0 Å². The average Bonchev–Trinajstić information content (AvgIpc) is 2.47. The molecule has 1 aliphatic heterocycles. The molecule has 0 aliphatic carbocycles. The van der Waals surface area contributed by atoms with Crippen molar-refractivity contribution in [1.29, 1.82) is 0 Å². The fraction of sp³-hybridized carbons (Fsp3) is 0.667. The lowest BCUT2D eigenvalue weighted by Gasteiger charge is -2.33. The Balaban J connectivity index is 1.92. The molecule has 2 heterocycles. The first-order valence-electron chi connectivity index (χ1n) is 7.48. The van der Waals surface area contributed by atoms with E-state index in [0.29, 0.717) is 13.1 Å². The minimum atomic E-state index is -4.06. The normalized spacial score (nSPS) is 17.2. The van der Waals surface area contributed by atoms with E-state index in [1.807, 2.05) is 17.0 Å². The molecule has 0 amide bonds. The van der Waals surface area contributed by atoms with Gasteiger partial charge in [0.15, 0.2) is 0 Å². The van der Waals surface area contributed by atoms with Crippen molar-refractivity contribution in [3.05, 3.63) is 23.9 Å². The Morgan fingerprint density at radius 1 is 1.33 bits per heavy atom. The molecule has 1 N–H and O–H groups in total. The van der Waals surface area contributed by atoms with Crippen molar-refractivity contribution in [3.8, 4) is 0 Å². The fourth-order valence-corrected chi connectivity index (χ4v) is 2.59. The maximum atomic E-state index is 12.7. The van der Waals surface area contributed by atoms with E-state index in [9.17, 15) is 13.2 Å². The first-order valence-corrected chi connectivity index (χ1v) is 7.48. The zero-order valence-electron chi connectivity index (χ0n) is 12.3. The number of pyridine rings is 1. The number of alkyl halides is 3. The van der Waals surface area contributed by atoms with Gasteiger partial charge in [-0.25, -0.2) is 4.98 Å². The summed E-state index contributed by atoms with van der Waals surface area (Å²) in [5, 5.41) is 3.31. The standard InChI is InChI=1S/C15H22F3N3/c1-2-6-19-11-12-3-7-20-14(10-12)21-8-4-13(5-9-21)15(16,17)18/h3,7,10,13,19H,2,4-6,8-9,11H2,1H3. The Bertz CT molecular complexity index is 440. The second-order valence-electron chi connectivity index (χ2n) is 5.50. The van der Waals surface area contributed by atoms with Crippen LogP contribution in [0.5, 0.6) is 0 Å². The maximum Gasteiger partial charge on any atom is 0.391 e. The van der Waals surface area contributed by atoms with Gasteiger partial charge in [-0.1, -0.05) is 6.92 Å². The number of piperidine rings is 1. The molecule has 0 radical (unpaired) electrons. The number of anilines is 1. The minimum Gasteiger partial charge on any atom is -0.357 e. The summed E-state index contributed by atoms with van der Waals surface area (Å²) >= 11 is 0. The van der Waals surface area contributed by atoms with Gasteiger partial charge in [-0.05, 0) is 43.5 Å². The Labute approximate surface area is 123 Å². The zero-order valence-corrected chi connectivity index (χ0v) is 12.3. The van der Waals surface area contributed by atoms with Gasteiger partial charge in [0.25, 0.3) is 0 Å². The van der Waals surface area contributed by atoms with E-state index in [4.69, 9.17) is 0 Å². The molecule has 0 atom stereocenters. The molecule has 1 aliphatic rings. The number of nitrogens with zero attached hydrogens (tertiary/aromatic N) is 2. The van der Waals surface area contributed by atoms with E-state index in [1.165, 1.54) is 0 Å². The van der Waals surface area contributed by atoms with Crippen molar-refractivity contribution in [1.82, 2.24) is 10.3 Å². The average molecular weight is 301 g/mol. The van der Waals surface area contributed by atoms with Gasteiger partial charge in [0.05, 0.1) is 5.92 Å². The zero-order chi connectivity index (χ0) is 15.3. The quantitative estimate of drug-likeness (QED) is 0.845. The lowest BCUT2D eigenvalue weighted by atomic mass is 9.96. The highest BCUT2D eigenvalue weighted by Crippen LogP contribution is 2.35. The van der Waals surface area contributed by atoms with Crippen molar-refractivity contribution in [2.75, 3.05) is 24.5 Å². The van der Waals surface area contributed by atoms with Crippen LogP contribution in [0.15, 0.2) is 18.3 Å². The SMILES string of the molecule is CCCNCc1ccnc(N2CCC(C(F)(F)F)CC2)c1. The molecule has 1 saturated heterocycles. The Morgan fingerprint density at radius 2 is 2.05 bits per heavy atom. The number of halogens is 3. The van der Waals surface area contributed by atoms with Gasteiger partial charge in [0, 0.05) is 25.8 Å². The van der Waals surface area contributed by atoms with Crippen LogP contribution in [-0.2, 0) is 6.54 Å². The summed E-state index contributed by atoms with van der Waals surface area (Å²) < 4.78 is 38.0. The first-order chi connectivity index (χ1) is 10.0. The Kier molecular flexibility index (Phi) is 5.45. The molecule has 0 aromatic carbocycles. The van der Waals surface area contributed by atoms with Crippen LogP contribution in [0.25, 0.3) is 0 Å². The van der Waals surface area contributed by atoms with E-state index < -0.39 is 12.1 Å². The molecule has 0 spiro atoms. The number of hydrogen-bond acceptors (Lipinski definition) is 3. The molecule has 0 bridgehead atoms. The number of aromatic nitrogens is 1. The van der Waals surface area contributed by atoms with Crippen molar-refractivity contribution >= 4 is 5.82 Å². The molecule has 118 valence electrons. The van der Waals surface area contributed by atoms with E-state index in [0.717, 1.165) is 30.9 Å². The van der Waals surface area contributed by atoms with E-state index in [-0.39, 0.29) is 12.8 Å². The number of rotatable bonds is 5. The van der Waals surface area contributed by atoms with E-state index in [2.05, 4.69) is 17.2 Å². The van der Waals surface area contributed by atoms with Gasteiger partial charge in [-0.15, -0.1) is 0 Å². The van der Waals surface area contributed by atoms with Crippen LogP contribution < -0.4 is 10.2 Å².